The van der Waals surface area contributed by atoms with Crippen molar-refractivity contribution >= 4 is 6.08 Å². The number of hydrogen-bond donors (Lipinski definition) is 0. The predicted molar refractivity (Wildman–Crippen MR) is 72.1 cm³/mol. The Kier molecular flexibility index (Phi) is 4.16. The van der Waals surface area contributed by atoms with E-state index >= 15 is 0 Å². The van der Waals surface area contributed by atoms with Gasteiger partial charge in [0.05, 0.1) is 5.56 Å². The van der Waals surface area contributed by atoms with E-state index in [0.717, 1.165) is 5.56 Å². The molecule has 18 heavy (non-hydrogen) atoms. The van der Waals surface area contributed by atoms with Crippen molar-refractivity contribution < 1.29 is 4.74 Å². The van der Waals surface area contributed by atoms with Crippen LogP contribution in [-0.4, -0.2) is 6.61 Å². The molecule has 0 fully saturated rings. The van der Waals surface area contributed by atoms with Crippen LogP contribution in [-0.2, 0) is 0 Å². The summed E-state index contributed by atoms with van der Waals surface area (Å²) in [5, 5.41) is 8.90. The molecule has 2 aromatic carbocycles. The van der Waals surface area contributed by atoms with Gasteiger partial charge in [-0.25, -0.2) is 0 Å². The monoisotopic (exact) mass is 235 g/mol. The Bertz CT molecular complexity index is 567. The van der Waals surface area contributed by atoms with Crippen LogP contribution in [0, 0.1) is 11.3 Å². The first-order chi connectivity index (χ1) is 8.90. The maximum atomic E-state index is 8.90. The molecule has 2 rings (SSSR count). The molecule has 0 aliphatic heterocycles. The molecule has 0 saturated heterocycles. The number of rotatable bonds is 4. The number of benzene rings is 2. The third-order valence-electron chi connectivity index (χ3n) is 2.45. The van der Waals surface area contributed by atoms with Gasteiger partial charge in [0.1, 0.15) is 18.4 Å². The van der Waals surface area contributed by atoms with Crippen LogP contribution in [0.25, 0.3) is 6.08 Å². The maximum Gasteiger partial charge on any atom is 0.137 e. The van der Waals surface area contributed by atoms with Gasteiger partial charge in [0.25, 0.3) is 0 Å². The number of para-hydroxylation sites is 1. The Morgan fingerprint density at radius 1 is 1.00 bits per heavy atom. The number of hydrogen-bond acceptors (Lipinski definition) is 2. The summed E-state index contributed by atoms with van der Waals surface area (Å²) in [5.41, 5.74) is 1.69. The van der Waals surface area contributed by atoms with E-state index in [-0.39, 0.29) is 0 Å². The molecule has 2 nitrogen and oxygen atoms in total. The zero-order valence-corrected chi connectivity index (χ0v) is 9.91. The van der Waals surface area contributed by atoms with Crippen molar-refractivity contribution in [3.8, 4) is 11.8 Å². The number of nitrogens with zero attached hydrogens (tertiary/aromatic N) is 1. The molecule has 0 radical (unpaired) electrons. The Hall–Kier alpha value is -2.53. The molecule has 0 spiro atoms. The first-order valence-electron chi connectivity index (χ1n) is 5.73. The highest BCUT2D eigenvalue weighted by molar-refractivity contribution is 5.49. The van der Waals surface area contributed by atoms with Crippen molar-refractivity contribution in [2.24, 2.45) is 0 Å². The van der Waals surface area contributed by atoms with Gasteiger partial charge in [-0.3, -0.25) is 0 Å². The lowest BCUT2D eigenvalue weighted by Gasteiger charge is -2.04. The smallest absolute Gasteiger partial charge is 0.137 e. The average Bonchev–Trinajstić information content (AvgIpc) is 2.45. The van der Waals surface area contributed by atoms with Crippen molar-refractivity contribution in [3.05, 3.63) is 71.8 Å². The van der Waals surface area contributed by atoms with Crippen molar-refractivity contribution in [3.63, 3.8) is 0 Å². The summed E-state index contributed by atoms with van der Waals surface area (Å²) in [5.74, 6) is 0.623. The Morgan fingerprint density at radius 3 is 2.50 bits per heavy atom. The molecule has 0 aliphatic carbocycles. The van der Waals surface area contributed by atoms with Crippen LogP contribution >= 0.6 is 0 Å². The highest BCUT2D eigenvalue weighted by Gasteiger charge is 1.99. The van der Waals surface area contributed by atoms with E-state index in [4.69, 9.17) is 10.00 Å². The molecule has 0 aromatic heterocycles. The second kappa shape index (κ2) is 6.27. The second-order valence-electron chi connectivity index (χ2n) is 3.73. The fraction of sp³-hybridized carbons (Fsp3) is 0.0625. The first kappa shape index (κ1) is 11.9. The summed E-state index contributed by atoms with van der Waals surface area (Å²) in [6.07, 6.45) is 3.93. The van der Waals surface area contributed by atoms with Gasteiger partial charge >= 0.3 is 0 Å². The number of nitriles is 1. The van der Waals surface area contributed by atoms with Crippen molar-refractivity contribution in [1.82, 2.24) is 0 Å². The van der Waals surface area contributed by atoms with Gasteiger partial charge in [-0.15, -0.1) is 0 Å². The summed E-state index contributed by atoms with van der Waals surface area (Å²) in [6, 6.07) is 19.4. The molecular weight excluding hydrogens is 222 g/mol. The van der Waals surface area contributed by atoms with Gasteiger partial charge in [0, 0.05) is 0 Å². The SMILES string of the molecule is N#Cc1ccccc1OC/C=C/c1ccccc1. The molecule has 0 atom stereocenters. The highest BCUT2D eigenvalue weighted by Crippen LogP contribution is 2.16. The summed E-state index contributed by atoms with van der Waals surface area (Å²) in [6.45, 7) is 0.452. The van der Waals surface area contributed by atoms with E-state index in [1.165, 1.54) is 0 Å². The lowest BCUT2D eigenvalue weighted by molar-refractivity contribution is 0.362. The number of ether oxygens (including phenoxy) is 1. The fourth-order valence-corrected chi connectivity index (χ4v) is 1.57. The van der Waals surface area contributed by atoms with Gasteiger partial charge < -0.3 is 4.74 Å². The molecule has 0 heterocycles. The summed E-state index contributed by atoms with van der Waals surface area (Å²) >= 11 is 0. The fourth-order valence-electron chi connectivity index (χ4n) is 1.57. The molecule has 88 valence electrons. The maximum absolute atomic E-state index is 8.90. The summed E-state index contributed by atoms with van der Waals surface area (Å²) in [4.78, 5) is 0. The minimum Gasteiger partial charge on any atom is -0.488 e. The van der Waals surface area contributed by atoms with Crippen LogP contribution < -0.4 is 4.74 Å². The van der Waals surface area contributed by atoms with E-state index in [1.54, 1.807) is 12.1 Å². The molecule has 0 aliphatic rings. The highest BCUT2D eigenvalue weighted by atomic mass is 16.5. The van der Waals surface area contributed by atoms with Gasteiger partial charge in [0.15, 0.2) is 0 Å². The van der Waals surface area contributed by atoms with Gasteiger partial charge in [0.2, 0.25) is 0 Å². The Morgan fingerprint density at radius 2 is 1.72 bits per heavy atom. The molecule has 0 amide bonds. The second-order valence-corrected chi connectivity index (χ2v) is 3.73. The van der Waals surface area contributed by atoms with E-state index in [0.29, 0.717) is 17.9 Å². The molecule has 2 aromatic rings. The van der Waals surface area contributed by atoms with Crippen LogP contribution in [0.1, 0.15) is 11.1 Å². The van der Waals surface area contributed by atoms with Gasteiger partial charge in [-0.2, -0.15) is 5.26 Å². The van der Waals surface area contributed by atoms with Crippen LogP contribution in [0.2, 0.25) is 0 Å². The topological polar surface area (TPSA) is 33.0 Å². The minimum absolute atomic E-state index is 0.452. The van der Waals surface area contributed by atoms with Crippen LogP contribution in [0.5, 0.6) is 5.75 Å². The average molecular weight is 235 g/mol. The molecule has 2 heteroatoms. The quantitative estimate of drug-likeness (QED) is 0.810. The van der Waals surface area contributed by atoms with Gasteiger partial charge in [-0.1, -0.05) is 48.5 Å². The van der Waals surface area contributed by atoms with E-state index in [1.807, 2.05) is 54.6 Å². The van der Waals surface area contributed by atoms with E-state index < -0.39 is 0 Å². The predicted octanol–water partition coefficient (Wildman–Crippen LogP) is 3.65. The van der Waals surface area contributed by atoms with E-state index in [2.05, 4.69) is 6.07 Å². The standard InChI is InChI=1S/C16H13NO/c17-13-15-10-4-5-11-16(15)18-12-6-9-14-7-2-1-3-8-14/h1-11H,12H2/b9-6+. The van der Waals surface area contributed by atoms with Crippen LogP contribution in [0.3, 0.4) is 0 Å². The lowest BCUT2D eigenvalue weighted by Crippen LogP contribution is -1.95. The molecule has 0 bridgehead atoms. The minimum atomic E-state index is 0.452. The summed E-state index contributed by atoms with van der Waals surface area (Å²) in [7, 11) is 0. The van der Waals surface area contributed by atoms with E-state index in [9.17, 15) is 0 Å². The molecule has 0 N–H and O–H groups in total. The largest absolute Gasteiger partial charge is 0.488 e. The van der Waals surface area contributed by atoms with Crippen molar-refractivity contribution in [2.75, 3.05) is 6.61 Å². The molecule has 0 saturated carbocycles. The van der Waals surface area contributed by atoms with Crippen molar-refractivity contribution in [2.45, 2.75) is 0 Å². The summed E-state index contributed by atoms with van der Waals surface area (Å²) < 4.78 is 5.54. The normalized spacial score (nSPS) is 10.2. The zero-order chi connectivity index (χ0) is 12.6. The third-order valence-corrected chi connectivity index (χ3v) is 2.45. The Labute approximate surface area is 107 Å². The zero-order valence-electron chi connectivity index (χ0n) is 9.91. The van der Waals surface area contributed by atoms with Crippen LogP contribution in [0.4, 0.5) is 0 Å². The Balaban J connectivity index is 1.93. The lowest BCUT2D eigenvalue weighted by atomic mass is 10.2. The van der Waals surface area contributed by atoms with Crippen LogP contribution in [0.15, 0.2) is 60.7 Å². The third kappa shape index (κ3) is 3.23. The van der Waals surface area contributed by atoms with Gasteiger partial charge in [-0.05, 0) is 23.8 Å². The van der Waals surface area contributed by atoms with Crippen molar-refractivity contribution in [1.29, 1.82) is 5.26 Å². The first-order valence-corrected chi connectivity index (χ1v) is 5.73. The molecular formula is C16H13NO. The molecule has 0 unspecified atom stereocenters.